The van der Waals surface area contributed by atoms with Crippen molar-refractivity contribution in [3.8, 4) is 0 Å². The molecule has 0 bridgehead atoms. The number of alkyl halides is 3. The van der Waals surface area contributed by atoms with E-state index in [4.69, 9.17) is 0 Å². The smallest absolute Gasteiger partial charge is 0.350 e. The molecule has 24 heavy (non-hydrogen) atoms. The van der Waals surface area contributed by atoms with Crippen LogP contribution in [-0.2, 0) is 6.18 Å². The highest BCUT2D eigenvalue weighted by atomic mass is 19.4. The highest BCUT2D eigenvalue weighted by Gasteiger charge is 2.30. The zero-order valence-corrected chi connectivity index (χ0v) is 12.4. The van der Waals surface area contributed by atoms with Crippen molar-refractivity contribution in [2.45, 2.75) is 19.0 Å². The minimum absolute atomic E-state index is 0.0102. The molecule has 1 amide bonds. The second-order valence-corrected chi connectivity index (χ2v) is 5.12. The van der Waals surface area contributed by atoms with E-state index < -0.39 is 34.2 Å². The Labute approximate surface area is 134 Å². The molecule has 1 aromatic heterocycles. The minimum Gasteiger partial charge on any atom is -0.350 e. The molecule has 1 atom stereocenters. The summed E-state index contributed by atoms with van der Waals surface area (Å²) in [5.41, 5.74) is -1.16. The van der Waals surface area contributed by atoms with E-state index in [2.05, 4.69) is 15.5 Å². The van der Waals surface area contributed by atoms with Crippen molar-refractivity contribution in [2.24, 2.45) is 0 Å². The first-order valence-corrected chi connectivity index (χ1v) is 6.83. The number of nitrogens with zero attached hydrogens (tertiary/aromatic N) is 2. The lowest BCUT2D eigenvalue weighted by atomic mass is 9.99. The van der Waals surface area contributed by atoms with E-state index in [-0.39, 0.29) is 12.2 Å². The van der Waals surface area contributed by atoms with E-state index in [0.717, 1.165) is 18.3 Å². The second kappa shape index (κ2) is 6.69. The molecule has 2 rings (SSSR count). The number of nitrogens with one attached hydrogen (secondary N) is 2. The standard InChI is InChI=1S/C14H13F3N4O3/c1-8(9-3-2-4-10(5-9)14(15,16)17)6-18-13(22)12-11(21(23)24)7-19-20-12/h2-5,7-8H,6H2,1H3,(H,18,22)(H,19,20)/t8-/m1/s1. The summed E-state index contributed by atoms with van der Waals surface area (Å²) in [6.07, 6.45) is -3.54. The van der Waals surface area contributed by atoms with Crippen LogP contribution < -0.4 is 5.32 Å². The zero-order chi connectivity index (χ0) is 17.9. The van der Waals surface area contributed by atoms with Crippen molar-refractivity contribution < 1.29 is 22.9 Å². The molecule has 1 heterocycles. The lowest BCUT2D eigenvalue weighted by Gasteiger charge is -2.15. The van der Waals surface area contributed by atoms with Gasteiger partial charge in [-0.3, -0.25) is 20.0 Å². The Morgan fingerprint density at radius 1 is 1.46 bits per heavy atom. The third kappa shape index (κ3) is 3.89. The van der Waals surface area contributed by atoms with Crippen LogP contribution in [0, 0.1) is 10.1 Å². The predicted molar refractivity (Wildman–Crippen MR) is 77.4 cm³/mol. The number of carbonyl (C=O) groups excluding carboxylic acids is 1. The van der Waals surface area contributed by atoms with E-state index in [0.29, 0.717) is 5.56 Å². The van der Waals surface area contributed by atoms with E-state index in [9.17, 15) is 28.1 Å². The molecule has 7 nitrogen and oxygen atoms in total. The van der Waals surface area contributed by atoms with Gasteiger partial charge in [0.2, 0.25) is 5.69 Å². The molecular weight excluding hydrogens is 329 g/mol. The largest absolute Gasteiger partial charge is 0.416 e. The molecule has 128 valence electrons. The van der Waals surface area contributed by atoms with Gasteiger partial charge in [0, 0.05) is 6.54 Å². The second-order valence-electron chi connectivity index (χ2n) is 5.12. The molecule has 10 heteroatoms. The minimum atomic E-state index is -4.45. The number of rotatable bonds is 5. The van der Waals surface area contributed by atoms with Crippen LogP contribution in [0.1, 0.15) is 34.5 Å². The van der Waals surface area contributed by atoms with Crippen LogP contribution in [-0.4, -0.2) is 27.6 Å². The fourth-order valence-electron chi connectivity index (χ4n) is 2.06. The number of aromatic nitrogens is 2. The quantitative estimate of drug-likeness (QED) is 0.644. The van der Waals surface area contributed by atoms with Crippen molar-refractivity contribution in [3.05, 3.63) is 57.4 Å². The SMILES string of the molecule is C[C@H](CNC(=O)c1[nH]ncc1[N+](=O)[O-])c1cccc(C(F)(F)F)c1. The normalized spacial score (nSPS) is 12.7. The van der Waals surface area contributed by atoms with Gasteiger partial charge in [-0.25, -0.2) is 0 Å². The average molecular weight is 342 g/mol. The maximum atomic E-state index is 12.7. The molecule has 0 saturated heterocycles. The molecular formula is C14H13F3N4O3. The van der Waals surface area contributed by atoms with Gasteiger partial charge in [-0.15, -0.1) is 0 Å². The Morgan fingerprint density at radius 2 is 2.17 bits per heavy atom. The van der Waals surface area contributed by atoms with Gasteiger partial charge in [-0.2, -0.15) is 18.3 Å². The van der Waals surface area contributed by atoms with E-state index in [1.807, 2.05) is 0 Å². The lowest BCUT2D eigenvalue weighted by molar-refractivity contribution is -0.385. The molecule has 2 aromatic rings. The van der Waals surface area contributed by atoms with Gasteiger partial charge in [0.25, 0.3) is 5.91 Å². The summed E-state index contributed by atoms with van der Waals surface area (Å²) in [5, 5.41) is 18.8. The number of aromatic amines is 1. The first kappa shape index (κ1) is 17.4. The van der Waals surface area contributed by atoms with Crippen LogP contribution in [0.15, 0.2) is 30.5 Å². The van der Waals surface area contributed by atoms with Crippen molar-refractivity contribution in [2.75, 3.05) is 6.54 Å². The number of H-pyrrole nitrogens is 1. The Morgan fingerprint density at radius 3 is 2.79 bits per heavy atom. The number of amides is 1. The molecule has 0 saturated carbocycles. The summed E-state index contributed by atoms with van der Waals surface area (Å²) >= 11 is 0. The summed E-state index contributed by atoms with van der Waals surface area (Å²) in [4.78, 5) is 21.9. The van der Waals surface area contributed by atoms with Crippen LogP contribution in [0.3, 0.4) is 0 Å². The molecule has 0 fully saturated rings. The Kier molecular flexibility index (Phi) is 4.86. The summed E-state index contributed by atoms with van der Waals surface area (Å²) < 4.78 is 38.1. The van der Waals surface area contributed by atoms with Crippen LogP contribution >= 0.6 is 0 Å². The number of hydrogen-bond donors (Lipinski definition) is 2. The van der Waals surface area contributed by atoms with Gasteiger partial charge < -0.3 is 5.32 Å². The molecule has 2 N–H and O–H groups in total. The zero-order valence-electron chi connectivity index (χ0n) is 12.4. The first-order chi connectivity index (χ1) is 11.2. The first-order valence-electron chi connectivity index (χ1n) is 6.83. The highest BCUT2D eigenvalue weighted by molar-refractivity contribution is 5.95. The molecule has 0 aliphatic rings. The van der Waals surface area contributed by atoms with Crippen molar-refractivity contribution in [1.29, 1.82) is 0 Å². The van der Waals surface area contributed by atoms with Gasteiger partial charge >= 0.3 is 11.9 Å². The Hall–Kier alpha value is -2.91. The van der Waals surface area contributed by atoms with Gasteiger partial charge in [-0.1, -0.05) is 25.1 Å². The molecule has 1 aromatic carbocycles. The van der Waals surface area contributed by atoms with Crippen LogP contribution in [0.2, 0.25) is 0 Å². The van der Waals surface area contributed by atoms with E-state index in [1.54, 1.807) is 6.92 Å². The summed E-state index contributed by atoms with van der Waals surface area (Å²) in [7, 11) is 0. The maximum Gasteiger partial charge on any atom is 0.416 e. The van der Waals surface area contributed by atoms with E-state index >= 15 is 0 Å². The van der Waals surface area contributed by atoms with Gasteiger partial charge in [0.05, 0.1) is 10.5 Å². The monoisotopic (exact) mass is 342 g/mol. The molecule has 0 aliphatic carbocycles. The lowest BCUT2D eigenvalue weighted by Crippen LogP contribution is -2.28. The fourth-order valence-corrected chi connectivity index (χ4v) is 2.06. The number of halogens is 3. The van der Waals surface area contributed by atoms with Crippen molar-refractivity contribution in [3.63, 3.8) is 0 Å². The van der Waals surface area contributed by atoms with Gasteiger partial charge in [0.15, 0.2) is 0 Å². The highest BCUT2D eigenvalue weighted by Crippen LogP contribution is 2.31. The van der Waals surface area contributed by atoms with Gasteiger partial charge in [0.1, 0.15) is 6.20 Å². The van der Waals surface area contributed by atoms with E-state index in [1.165, 1.54) is 12.1 Å². The molecule has 0 aliphatic heterocycles. The average Bonchev–Trinajstić information content (AvgIpc) is 3.01. The van der Waals surface area contributed by atoms with Crippen LogP contribution in [0.25, 0.3) is 0 Å². The van der Waals surface area contributed by atoms with Crippen LogP contribution in [0.4, 0.5) is 18.9 Å². The Balaban J connectivity index is 2.05. The summed E-state index contributed by atoms with van der Waals surface area (Å²) in [6.45, 7) is 1.65. The molecule has 0 unspecified atom stereocenters. The van der Waals surface area contributed by atoms with Gasteiger partial charge in [-0.05, 0) is 17.5 Å². The predicted octanol–water partition coefficient (Wildman–Crippen LogP) is 2.87. The molecule has 0 radical (unpaired) electrons. The third-order valence-electron chi connectivity index (χ3n) is 3.39. The third-order valence-corrected chi connectivity index (χ3v) is 3.39. The fraction of sp³-hybridized carbons (Fsp3) is 0.286. The van der Waals surface area contributed by atoms with Crippen LogP contribution in [0.5, 0.6) is 0 Å². The number of hydrogen-bond acceptors (Lipinski definition) is 4. The number of nitro groups is 1. The maximum absolute atomic E-state index is 12.7. The topological polar surface area (TPSA) is 101 Å². The molecule has 0 spiro atoms. The van der Waals surface area contributed by atoms with Crippen molar-refractivity contribution >= 4 is 11.6 Å². The van der Waals surface area contributed by atoms with Crippen molar-refractivity contribution in [1.82, 2.24) is 15.5 Å². The number of benzene rings is 1. The summed E-state index contributed by atoms with van der Waals surface area (Å²) in [6, 6.07) is 4.78. The Bertz CT molecular complexity index is 758. The summed E-state index contributed by atoms with van der Waals surface area (Å²) in [5.74, 6) is -1.17. The number of carbonyl (C=O) groups is 1.